The van der Waals surface area contributed by atoms with Crippen molar-refractivity contribution in [1.82, 2.24) is 24.6 Å². The van der Waals surface area contributed by atoms with Crippen molar-refractivity contribution in [1.29, 1.82) is 0 Å². The van der Waals surface area contributed by atoms with Gasteiger partial charge in [0.15, 0.2) is 10.9 Å². The van der Waals surface area contributed by atoms with E-state index in [4.69, 9.17) is 9.15 Å². The highest BCUT2D eigenvalue weighted by Crippen LogP contribution is 2.30. The Kier molecular flexibility index (Phi) is 8.28. The quantitative estimate of drug-likeness (QED) is 0.214. The third-order valence-corrected chi connectivity index (χ3v) is 8.42. The minimum atomic E-state index is -0.113. The van der Waals surface area contributed by atoms with Crippen molar-refractivity contribution in [2.45, 2.75) is 18.1 Å². The number of rotatable bonds is 8. The molecule has 0 bridgehead atoms. The lowest BCUT2D eigenvalue weighted by atomic mass is 10.0. The van der Waals surface area contributed by atoms with Gasteiger partial charge in [0.2, 0.25) is 11.7 Å². The van der Waals surface area contributed by atoms with Crippen molar-refractivity contribution >= 4 is 23.6 Å². The van der Waals surface area contributed by atoms with E-state index in [0.29, 0.717) is 41.9 Å². The van der Waals surface area contributed by atoms with E-state index < -0.39 is 0 Å². The third-order valence-electron chi connectivity index (χ3n) is 7.51. The van der Waals surface area contributed by atoms with Crippen molar-refractivity contribution in [3.05, 3.63) is 103 Å². The fraction of sp³-hybridized carbons (Fsp3) is 0.212. The van der Waals surface area contributed by atoms with Gasteiger partial charge in [0.05, 0.1) is 24.8 Å². The van der Waals surface area contributed by atoms with Crippen LogP contribution in [0.1, 0.15) is 17.3 Å². The van der Waals surface area contributed by atoms with Crippen molar-refractivity contribution in [3.63, 3.8) is 0 Å². The number of hydrogen-bond donors (Lipinski definition) is 0. The molecule has 2 amide bonds. The van der Waals surface area contributed by atoms with Crippen LogP contribution in [0.4, 0.5) is 0 Å². The lowest BCUT2D eigenvalue weighted by Crippen LogP contribution is -2.55. The Bertz CT molecular complexity index is 1690. The van der Waals surface area contributed by atoms with Gasteiger partial charge in [0.25, 0.3) is 5.91 Å². The van der Waals surface area contributed by atoms with Crippen LogP contribution in [0.15, 0.2) is 107 Å². The first-order chi connectivity index (χ1) is 21.0. The van der Waals surface area contributed by atoms with Gasteiger partial charge in [-0.15, -0.1) is 10.2 Å². The van der Waals surface area contributed by atoms with Crippen molar-refractivity contribution in [2.24, 2.45) is 0 Å². The highest BCUT2D eigenvalue weighted by molar-refractivity contribution is 7.99. The van der Waals surface area contributed by atoms with Crippen LogP contribution in [0.5, 0.6) is 5.75 Å². The molecule has 3 aromatic carbocycles. The molecule has 0 saturated carbocycles. The summed E-state index contributed by atoms with van der Waals surface area (Å²) < 4.78 is 12.8. The molecule has 0 radical (unpaired) electrons. The zero-order valence-corrected chi connectivity index (χ0v) is 24.7. The average molecular weight is 594 g/mol. The summed E-state index contributed by atoms with van der Waals surface area (Å²) in [7, 11) is 1.62. The minimum Gasteiger partial charge on any atom is -0.497 e. The molecule has 10 heteroatoms. The second kappa shape index (κ2) is 12.6. The maximum atomic E-state index is 13.3. The van der Waals surface area contributed by atoms with E-state index >= 15 is 0 Å². The van der Waals surface area contributed by atoms with Crippen LogP contribution < -0.4 is 4.74 Å². The zero-order chi connectivity index (χ0) is 29.8. The molecule has 3 heterocycles. The summed E-state index contributed by atoms with van der Waals surface area (Å²) in [6.45, 7) is 3.40. The second-order valence-corrected chi connectivity index (χ2v) is 11.2. The van der Waals surface area contributed by atoms with Crippen LogP contribution in [0.25, 0.3) is 28.4 Å². The van der Waals surface area contributed by atoms with Crippen LogP contribution in [-0.2, 0) is 4.79 Å². The summed E-state index contributed by atoms with van der Waals surface area (Å²) >= 11 is 1.32. The molecule has 43 heavy (non-hydrogen) atoms. The van der Waals surface area contributed by atoms with Crippen LogP contribution in [0, 0.1) is 0 Å². The van der Waals surface area contributed by atoms with Crippen molar-refractivity contribution in [3.8, 4) is 34.1 Å². The molecule has 5 aromatic rings. The number of ether oxygens (including phenoxy) is 1. The van der Waals surface area contributed by atoms with E-state index in [0.717, 1.165) is 22.6 Å². The molecule has 1 atom stereocenters. The molecule has 218 valence electrons. The monoisotopic (exact) mass is 593 g/mol. The average Bonchev–Trinajstić information content (AvgIpc) is 3.74. The Morgan fingerprint density at radius 1 is 0.907 bits per heavy atom. The number of methoxy groups -OCH3 is 1. The van der Waals surface area contributed by atoms with E-state index in [1.54, 1.807) is 19.4 Å². The van der Waals surface area contributed by atoms with Gasteiger partial charge in [0.1, 0.15) is 5.75 Å². The molecule has 6 rings (SSSR count). The number of carbonyl (C=O) groups is 2. The molecular formula is C33H31N5O4S. The van der Waals surface area contributed by atoms with Gasteiger partial charge in [-0.25, -0.2) is 0 Å². The minimum absolute atomic E-state index is 0.0139. The number of carbonyl (C=O) groups excluding carboxylic acids is 2. The maximum Gasteiger partial charge on any atom is 0.254 e. The van der Waals surface area contributed by atoms with E-state index in [-0.39, 0.29) is 23.6 Å². The molecule has 1 fully saturated rings. The predicted octanol–water partition coefficient (Wildman–Crippen LogP) is 5.67. The molecule has 0 spiro atoms. The maximum absolute atomic E-state index is 13.3. The van der Waals surface area contributed by atoms with Crippen molar-refractivity contribution < 1.29 is 18.7 Å². The Labute approximate surface area is 254 Å². The van der Waals surface area contributed by atoms with Gasteiger partial charge in [-0.2, -0.15) is 0 Å². The van der Waals surface area contributed by atoms with Crippen LogP contribution in [0.2, 0.25) is 0 Å². The van der Waals surface area contributed by atoms with Crippen LogP contribution in [-0.4, -0.2) is 74.9 Å². The van der Waals surface area contributed by atoms with Gasteiger partial charge >= 0.3 is 0 Å². The van der Waals surface area contributed by atoms with Gasteiger partial charge in [0, 0.05) is 31.2 Å². The molecule has 1 aliphatic heterocycles. The number of thioether (sulfide) groups is 1. The number of piperazine rings is 1. The molecule has 2 aromatic heterocycles. The summed E-state index contributed by atoms with van der Waals surface area (Å²) in [5.74, 6) is 2.01. The molecule has 1 unspecified atom stereocenters. The summed E-state index contributed by atoms with van der Waals surface area (Å²) in [6.07, 6.45) is 1.59. The number of furan rings is 1. The van der Waals surface area contributed by atoms with Crippen molar-refractivity contribution in [2.75, 3.05) is 32.5 Å². The summed E-state index contributed by atoms with van der Waals surface area (Å²) in [5, 5.41) is 9.31. The van der Waals surface area contributed by atoms with E-state index in [1.807, 2.05) is 106 Å². The van der Waals surface area contributed by atoms with E-state index in [2.05, 4.69) is 10.2 Å². The lowest BCUT2D eigenvalue weighted by molar-refractivity contribution is -0.130. The molecule has 0 aliphatic carbocycles. The standard InChI is InChI=1S/C33H31N5O4S/c1-23-21-36(18-19-37(23)32(40)26-12-10-25(11-13-26)24-7-4-3-5-8-24)30(39)22-43-33-35-34-31(29-9-6-20-42-29)38(33)27-14-16-28(41-2)17-15-27/h3-17,20,23H,18-19,21-22H2,1-2H3. The number of aromatic nitrogens is 3. The Balaban J connectivity index is 1.10. The first kappa shape index (κ1) is 28.3. The number of benzene rings is 3. The van der Waals surface area contributed by atoms with Gasteiger partial charge in [-0.05, 0) is 66.6 Å². The van der Waals surface area contributed by atoms with Crippen LogP contribution >= 0.6 is 11.8 Å². The summed E-state index contributed by atoms with van der Waals surface area (Å²) in [6, 6.07) is 28.8. The Morgan fingerprint density at radius 2 is 1.65 bits per heavy atom. The molecule has 1 aliphatic rings. The predicted molar refractivity (Wildman–Crippen MR) is 165 cm³/mol. The molecule has 0 N–H and O–H groups in total. The summed E-state index contributed by atoms with van der Waals surface area (Å²) in [4.78, 5) is 30.3. The number of amides is 2. The molecular weight excluding hydrogens is 562 g/mol. The zero-order valence-electron chi connectivity index (χ0n) is 23.9. The van der Waals surface area contributed by atoms with E-state index in [1.165, 1.54) is 11.8 Å². The summed E-state index contributed by atoms with van der Waals surface area (Å²) in [5.41, 5.74) is 3.65. The highest BCUT2D eigenvalue weighted by atomic mass is 32.2. The van der Waals surface area contributed by atoms with E-state index in [9.17, 15) is 9.59 Å². The van der Waals surface area contributed by atoms with Gasteiger partial charge < -0.3 is 19.0 Å². The SMILES string of the molecule is COc1ccc(-n2c(SCC(=O)N3CCN(C(=O)c4ccc(-c5ccccc5)cc4)C(C)C3)nnc2-c2ccco2)cc1. The number of nitrogens with zero attached hydrogens (tertiary/aromatic N) is 5. The smallest absolute Gasteiger partial charge is 0.254 e. The van der Waals surface area contributed by atoms with Gasteiger partial charge in [-0.1, -0.05) is 54.2 Å². The Morgan fingerprint density at radius 3 is 2.33 bits per heavy atom. The Hall–Kier alpha value is -4.83. The first-order valence-electron chi connectivity index (χ1n) is 14.0. The molecule has 1 saturated heterocycles. The number of hydrogen-bond acceptors (Lipinski definition) is 7. The lowest BCUT2D eigenvalue weighted by Gasteiger charge is -2.40. The first-order valence-corrected chi connectivity index (χ1v) is 15.0. The van der Waals surface area contributed by atoms with Gasteiger partial charge in [-0.3, -0.25) is 14.2 Å². The molecule has 9 nitrogen and oxygen atoms in total. The topological polar surface area (TPSA) is 93.7 Å². The second-order valence-electron chi connectivity index (χ2n) is 10.2. The third kappa shape index (κ3) is 6.05. The highest BCUT2D eigenvalue weighted by Gasteiger charge is 2.30. The van der Waals surface area contributed by atoms with Crippen LogP contribution in [0.3, 0.4) is 0 Å². The fourth-order valence-corrected chi connectivity index (χ4v) is 6.05. The fourth-order valence-electron chi connectivity index (χ4n) is 5.20. The normalized spacial score (nSPS) is 15.0. The largest absolute Gasteiger partial charge is 0.497 e.